The van der Waals surface area contributed by atoms with E-state index >= 15 is 0 Å². The Balaban J connectivity index is 3.48. The van der Waals surface area contributed by atoms with Crippen LogP contribution in [0.2, 0.25) is 0 Å². The number of nitrogens with two attached hydrogens (primary N) is 1. The van der Waals surface area contributed by atoms with E-state index in [2.05, 4.69) is 52.7 Å². The highest BCUT2D eigenvalue weighted by molar-refractivity contribution is 7.80. The van der Waals surface area contributed by atoms with Gasteiger partial charge in [0, 0.05) is 0 Å². The van der Waals surface area contributed by atoms with Crippen molar-refractivity contribution in [1.82, 2.24) is 10.9 Å². The number of thiocarbonyl (C=S) groups is 1. The maximum atomic E-state index is 5.11. The molecule has 0 aromatic heterocycles. The lowest BCUT2D eigenvalue weighted by Gasteiger charge is -1.99. The van der Waals surface area contributed by atoms with Crippen molar-refractivity contribution in [2.24, 2.45) is 5.73 Å². The second-order valence-electron chi connectivity index (χ2n) is 1.54. The van der Waals surface area contributed by atoms with E-state index in [9.17, 15) is 0 Å². The van der Waals surface area contributed by atoms with Gasteiger partial charge in [-0.2, -0.15) is 0 Å². The zero-order valence-corrected chi connectivity index (χ0v) is 7.09. The topological polar surface area (TPSA) is 50.1 Å². The maximum absolute atomic E-state index is 5.11. The van der Waals surface area contributed by atoms with Gasteiger partial charge in [-0.05, 0) is 35.9 Å². The van der Waals surface area contributed by atoms with Crippen LogP contribution in [0.4, 0.5) is 0 Å². The van der Waals surface area contributed by atoms with Gasteiger partial charge in [-0.25, -0.2) is 5.43 Å². The lowest BCUT2D eigenvalue weighted by molar-refractivity contribution is 0.727. The Bertz CT molecular complexity index is 305. The van der Waals surface area contributed by atoms with Crippen molar-refractivity contribution in [3.05, 3.63) is 0 Å². The van der Waals surface area contributed by atoms with E-state index in [4.69, 9.17) is 12.2 Å². The molecule has 0 fully saturated rings. The first-order chi connectivity index (χ1) is 5.77. The summed E-state index contributed by atoms with van der Waals surface area (Å²) in [4.78, 5) is 0. The molecule has 0 aromatic rings. The summed E-state index contributed by atoms with van der Waals surface area (Å²) in [6, 6.07) is 0. The van der Waals surface area contributed by atoms with Crippen molar-refractivity contribution in [3.8, 4) is 36.0 Å². The molecule has 0 amide bonds. The fourth-order valence-corrected chi connectivity index (χ4v) is 0.403. The Hall–Kier alpha value is -1.67. The second-order valence-corrected chi connectivity index (χ2v) is 1.98. The number of hydrogen-bond donors (Lipinski definition) is 3. The monoisotopic (exact) mass is 177 g/mol. The van der Waals surface area contributed by atoms with Crippen LogP contribution in [0.1, 0.15) is 0 Å². The first kappa shape index (κ1) is 10.3. The van der Waals surface area contributed by atoms with Crippen molar-refractivity contribution in [1.29, 1.82) is 0 Å². The normalized spacial score (nSPS) is 6.25. The molecule has 0 spiro atoms. The number of hydrogen-bond acceptors (Lipinski definition) is 2. The van der Waals surface area contributed by atoms with Crippen LogP contribution in [-0.2, 0) is 0 Å². The van der Waals surface area contributed by atoms with Gasteiger partial charge >= 0.3 is 0 Å². The summed E-state index contributed by atoms with van der Waals surface area (Å²) in [6.07, 6.45) is 4.86. The summed E-state index contributed by atoms with van der Waals surface area (Å²) < 4.78 is 0. The summed E-state index contributed by atoms with van der Waals surface area (Å²) in [5.74, 6) is 12.1. The summed E-state index contributed by atoms with van der Waals surface area (Å²) in [7, 11) is 0. The van der Waals surface area contributed by atoms with Gasteiger partial charge in [0.25, 0.3) is 0 Å². The quantitative estimate of drug-likeness (QED) is 0.218. The second kappa shape index (κ2) is 7.44. The van der Waals surface area contributed by atoms with Crippen molar-refractivity contribution in [2.75, 3.05) is 6.54 Å². The van der Waals surface area contributed by atoms with Gasteiger partial charge in [0.1, 0.15) is 0 Å². The Kier molecular flexibility index (Phi) is 6.40. The van der Waals surface area contributed by atoms with Gasteiger partial charge in [0.2, 0.25) is 0 Å². The van der Waals surface area contributed by atoms with Crippen LogP contribution in [0.15, 0.2) is 0 Å². The lowest BCUT2D eigenvalue weighted by Crippen LogP contribution is -2.40. The van der Waals surface area contributed by atoms with E-state index in [0.717, 1.165) is 0 Å². The Morgan fingerprint density at radius 2 is 2.17 bits per heavy atom. The molecule has 60 valence electrons. The van der Waals surface area contributed by atoms with Crippen molar-refractivity contribution in [3.63, 3.8) is 0 Å². The molecule has 0 saturated heterocycles. The van der Waals surface area contributed by atoms with Crippen LogP contribution in [0.5, 0.6) is 0 Å². The fourth-order valence-electron chi connectivity index (χ4n) is 0.331. The van der Waals surface area contributed by atoms with Crippen LogP contribution in [0.25, 0.3) is 0 Å². The first-order valence-corrected chi connectivity index (χ1v) is 3.40. The molecular weight excluding hydrogens is 170 g/mol. The van der Waals surface area contributed by atoms with E-state index in [1.54, 1.807) is 0 Å². The largest absolute Gasteiger partial charge is 0.375 e. The maximum Gasteiger partial charge on any atom is 0.178 e. The van der Waals surface area contributed by atoms with Gasteiger partial charge in [-0.15, -0.1) is 6.42 Å². The van der Waals surface area contributed by atoms with Crippen LogP contribution >= 0.6 is 12.2 Å². The Labute approximate surface area is 77.1 Å². The van der Waals surface area contributed by atoms with E-state index in [-0.39, 0.29) is 5.11 Å². The molecule has 0 atom stereocenters. The zero-order chi connectivity index (χ0) is 9.23. The van der Waals surface area contributed by atoms with Gasteiger partial charge < -0.3 is 5.73 Å². The number of terminal acetylenes is 1. The minimum absolute atomic E-state index is 0.173. The van der Waals surface area contributed by atoms with E-state index in [1.165, 1.54) is 0 Å². The lowest BCUT2D eigenvalue weighted by atomic mass is 10.5. The highest BCUT2D eigenvalue weighted by Gasteiger charge is 1.79. The third-order valence-electron chi connectivity index (χ3n) is 0.674. The SMILES string of the molecule is C#CC#CC#CCNNC(N)=S. The van der Waals surface area contributed by atoms with Crippen LogP contribution in [0.3, 0.4) is 0 Å². The molecule has 4 N–H and O–H groups in total. The molecule has 0 aliphatic heterocycles. The Morgan fingerprint density at radius 1 is 1.42 bits per heavy atom. The highest BCUT2D eigenvalue weighted by atomic mass is 32.1. The van der Waals surface area contributed by atoms with Gasteiger partial charge in [0.05, 0.1) is 6.54 Å². The molecule has 0 aliphatic carbocycles. The summed E-state index contributed by atoms with van der Waals surface area (Å²) in [6.45, 7) is 0.399. The van der Waals surface area contributed by atoms with E-state index in [1.807, 2.05) is 0 Å². The third kappa shape index (κ3) is 8.33. The molecule has 3 nitrogen and oxygen atoms in total. The fraction of sp³-hybridized carbons (Fsp3) is 0.125. The molecule has 0 aliphatic rings. The van der Waals surface area contributed by atoms with Crippen molar-refractivity contribution < 1.29 is 0 Å². The number of rotatable bonds is 2. The molecule has 0 radical (unpaired) electrons. The van der Waals surface area contributed by atoms with E-state index < -0.39 is 0 Å². The molecule has 12 heavy (non-hydrogen) atoms. The van der Waals surface area contributed by atoms with Gasteiger partial charge in [-0.3, -0.25) is 5.43 Å². The molecular formula is C8H7N3S. The number of hydrazine groups is 1. The highest BCUT2D eigenvalue weighted by Crippen LogP contribution is 1.55. The van der Waals surface area contributed by atoms with Crippen molar-refractivity contribution >= 4 is 17.3 Å². The Morgan fingerprint density at radius 3 is 2.75 bits per heavy atom. The number of nitrogens with one attached hydrogen (secondary N) is 2. The molecule has 0 aromatic carbocycles. The molecule has 0 saturated carbocycles. The predicted molar refractivity (Wildman–Crippen MR) is 52.3 cm³/mol. The minimum atomic E-state index is 0.173. The molecule has 0 bridgehead atoms. The summed E-state index contributed by atoms with van der Waals surface area (Å²) >= 11 is 4.52. The molecule has 0 heterocycles. The molecule has 0 rings (SSSR count). The predicted octanol–water partition coefficient (Wildman–Crippen LogP) is -1.04. The molecule has 4 heteroatoms. The zero-order valence-electron chi connectivity index (χ0n) is 6.27. The van der Waals surface area contributed by atoms with E-state index in [0.29, 0.717) is 6.54 Å². The van der Waals surface area contributed by atoms with Crippen LogP contribution < -0.4 is 16.6 Å². The summed E-state index contributed by atoms with van der Waals surface area (Å²) in [5, 5.41) is 0.173. The smallest absolute Gasteiger partial charge is 0.178 e. The third-order valence-corrected chi connectivity index (χ3v) is 0.776. The van der Waals surface area contributed by atoms with Crippen LogP contribution in [-0.4, -0.2) is 11.7 Å². The average Bonchev–Trinajstić information content (AvgIpc) is 2.02. The summed E-state index contributed by atoms with van der Waals surface area (Å²) in [5.41, 5.74) is 10.3. The van der Waals surface area contributed by atoms with Crippen molar-refractivity contribution in [2.45, 2.75) is 0 Å². The first-order valence-electron chi connectivity index (χ1n) is 2.99. The van der Waals surface area contributed by atoms with Gasteiger partial charge in [0.15, 0.2) is 5.11 Å². The van der Waals surface area contributed by atoms with Gasteiger partial charge in [-0.1, -0.05) is 5.92 Å². The van der Waals surface area contributed by atoms with Crippen LogP contribution in [0, 0.1) is 36.0 Å². The average molecular weight is 177 g/mol. The standard InChI is InChI=1S/C8H7N3S/c1-2-3-4-5-6-7-10-11-8(9)12/h1,10H,7H2,(H3,9,11,12). The molecule has 0 unspecified atom stereocenters. The minimum Gasteiger partial charge on any atom is -0.375 e.